The number of hydrogen-bond donors (Lipinski definition) is 2. The maximum Gasteiger partial charge on any atom is 0.389 e. The van der Waals surface area contributed by atoms with E-state index in [4.69, 9.17) is 5.73 Å². The number of carbonyl (C=O) groups is 1. The van der Waals surface area contributed by atoms with E-state index in [-0.39, 0.29) is 18.9 Å². The van der Waals surface area contributed by atoms with Gasteiger partial charge < -0.3 is 11.1 Å². The summed E-state index contributed by atoms with van der Waals surface area (Å²) >= 11 is 0. The van der Waals surface area contributed by atoms with Crippen molar-refractivity contribution in [2.45, 2.75) is 32.0 Å². The van der Waals surface area contributed by atoms with Gasteiger partial charge in [-0.1, -0.05) is 37.3 Å². The molecule has 0 fully saturated rings. The molecule has 3 N–H and O–H groups in total. The smallest absolute Gasteiger partial charge is 0.356 e. The van der Waals surface area contributed by atoms with Crippen molar-refractivity contribution in [3.8, 4) is 0 Å². The van der Waals surface area contributed by atoms with E-state index in [2.05, 4.69) is 5.32 Å². The van der Waals surface area contributed by atoms with Crippen LogP contribution in [0.3, 0.4) is 0 Å². The van der Waals surface area contributed by atoms with Crippen molar-refractivity contribution < 1.29 is 18.0 Å². The van der Waals surface area contributed by atoms with E-state index in [1.54, 1.807) is 6.92 Å². The quantitative estimate of drug-likeness (QED) is 0.791. The summed E-state index contributed by atoms with van der Waals surface area (Å²) in [5.74, 6) is -0.827. The van der Waals surface area contributed by atoms with Crippen LogP contribution in [0.25, 0.3) is 0 Å². The Balaban J connectivity index is 2.39. The number of halogens is 3. The maximum absolute atomic E-state index is 12.0. The molecule has 1 rings (SSSR count). The molecule has 1 aromatic rings. The lowest BCUT2D eigenvalue weighted by atomic mass is 9.94. The van der Waals surface area contributed by atoms with Crippen LogP contribution in [-0.2, 0) is 4.79 Å². The van der Waals surface area contributed by atoms with Gasteiger partial charge in [-0.3, -0.25) is 4.79 Å². The summed E-state index contributed by atoms with van der Waals surface area (Å²) < 4.78 is 35.9. The largest absolute Gasteiger partial charge is 0.389 e. The number of hydrogen-bond acceptors (Lipinski definition) is 2. The monoisotopic (exact) mass is 288 g/mol. The molecular weight excluding hydrogens is 269 g/mol. The molecule has 0 aromatic heterocycles. The Bertz CT molecular complexity index is 420. The number of nitrogens with one attached hydrogen (secondary N) is 1. The second kappa shape index (κ2) is 7.28. The molecule has 0 saturated carbocycles. The van der Waals surface area contributed by atoms with E-state index in [1.165, 1.54) is 0 Å². The van der Waals surface area contributed by atoms with Crippen LogP contribution in [0.1, 0.15) is 31.4 Å². The minimum absolute atomic E-state index is 0.00416. The zero-order valence-corrected chi connectivity index (χ0v) is 11.3. The molecule has 1 aromatic carbocycles. The Morgan fingerprint density at radius 3 is 2.45 bits per heavy atom. The van der Waals surface area contributed by atoms with Gasteiger partial charge in [0.25, 0.3) is 0 Å². The first-order valence-electron chi connectivity index (χ1n) is 6.46. The molecule has 0 spiro atoms. The predicted octanol–water partition coefficient (Wildman–Crippen LogP) is 2.78. The minimum atomic E-state index is -4.18. The number of benzene rings is 1. The molecule has 0 aliphatic rings. The molecule has 20 heavy (non-hydrogen) atoms. The lowest BCUT2D eigenvalue weighted by Crippen LogP contribution is -2.36. The van der Waals surface area contributed by atoms with E-state index in [0.29, 0.717) is 0 Å². The van der Waals surface area contributed by atoms with Crippen LogP contribution in [0.2, 0.25) is 0 Å². The Morgan fingerprint density at radius 1 is 1.30 bits per heavy atom. The SMILES string of the molecule is CC(C(=O)NCCCC(F)(F)F)C(N)c1ccccc1. The van der Waals surface area contributed by atoms with Crippen molar-refractivity contribution in [2.24, 2.45) is 11.7 Å². The molecular formula is C14H19F3N2O. The van der Waals surface area contributed by atoms with Crippen molar-refractivity contribution in [2.75, 3.05) is 6.54 Å². The van der Waals surface area contributed by atoms with E-state index in [9.17, 15) is 18.0 Å². The highest BCUT2D eigenvalue weighted by molar-refractivity contribution is 5.79. The average molecular weight is 288 g/mol. The minimum Gasteiger partial charge on any atom is -0.356 e. The molecule has 0 radical (unpaired) electrons. The molecule has 1 amide bonds. The number of rotatable bonds is 6. The van der Waals surface area contributed by atoms with E-state index in [1.807, 2.05) is 30.3 Å². The first-order valence-corrected chi connectivity index (χ1v) is 6.46. The number of carbonyl (C=O) groups excluding carboxylic acids is 1. The molecule has 0 saturated heterocycles. The molecule has 3 nitrogen and oxygen atoms in total. The van der Waals surface area contributed by atoms with Gasteiger partial charge in [0.15, 0.2) is 0 Å². The zero-order chi connectivity index (χ0) is 15.2. The first kappa shape index (κ1) is 16.5. The van der Waals surface area contributed by atoms with Crippen LogP contribution in [-0.4, -0.2) is 18.6 Å². The molecule has 6 heteroatoms. The summed E-state index contributed by atoms with van der Waals surface area (Å²) in [6.45, 7) is 1.67. The van der Waals surface area contributed by atoms with Gasteiger partial charge in [0.05, 0.1) is 5.92 Å². The number of amides is 1. The second-order valence-electron chi connectivity index (χ2n) is 4.73. The van der Waals surface area contributed by atoms with Gasteiger partial charge in [-0.2, -0.15) is 13.2 Å². The van der Waals surface area contributed by atoms with Crippen LogP contribution in [0.5, 0.6) is 0 Å². The lowest BCUT2D eigenvalue weighted by molar-refractivity contribution is -0.136. The summed E-state index contributed by atoms with van der Waals surface area (Å²) in [6, 6.07) is 8.65. The molecule has 2 atom stereocenters. The average Bonchev–Trinajstić information content (AvgIpc) is 2.41. The first-order chi connectivity index (χ1) is 9.31. The van der Waals surface area contributed by atoms with E-state index < -0.39 is 24.6 Å². The molecule has 0 bridgehead atoms. The highest BCUT2D eigenvalue weighted by Gasteiger charge is 2.26. The fraction of sp³-hybridized carbons (Fsp3) is 0.500. The van der Waals surface area contributed by atoms with Gasteiger partial charge in [0, 0.05) is 19.0 Å². The summed E-state index contributed by atoms with van der Waals surface area (Å²) in [4.78, 5) is 11.8. The van der Waals surface area contributed by atoms with Crippen LogP contribution < -0.4 is 11.1 Å². The van der Waals surface area contributed by atoms with Gasteiger partial charge in [-0.05, 0) is 12.0 Å². The van der Waals surface area contributed by atoms with Gasteiger partial charge in [-0.25, -0.2) is 0 Å². The summed E-state index contributed by atoms with van der Waals surface area (Å²) in [5.41, 5.74) is 6.80. The van der Waals surface area contributed by atoms with Crippen molar-refractivity contribution in [1.82, 2.24) is 5.32 Å². The van der Waals surface area contributed by atoms with Gasteiger partial charge in [0.2, 0.25) is 5.91 Å². The molecule has 112 valence electrons. The number of alkyl halides is 3. The van der Waals surface area contributed by atoms with Crippen molar-refractivity contribution in [3.05, 3.63) is 35.9 Å². The van der Waals surface area contributed by atoms with Crippen molar-refractivity contribution in [1.29, 1.82) is 0 Å². The highest BCUT2D eigenvalue weighted by atomic mass is 19.4. The maximum atomic E-state index is 12.0. The fourth-order valence-electron chi connectivity index (χ4n) is 1.79. The summed E-state index contributed by atoms with van der Waals surface area (Å²) in [6.07, 6.45) is -5.20. The summed E-state index contributed by atoms with van der Waals surface area (Å²) in [7, 11) is 0. The van der Waals surface area contributed by atoms with Crippen molar-refractivity contribution >= 4 is 5.91 Å². The van der Waals surface area contributed by atoms with E-state index >= 15 is 0 Å². The topological polar surface area (TPSA) is 55.1 Å². The Labute approximate surface area is 116 Å². The lowest BCUT2D eigenvalue weighted by Gasteiger charge is -2.19. The van der Waals surface area contributed by atoms with Crippen LogP contribution >= 0.6 is 0 Å². The van der Waals surface area contributed by atoms with Crippen molar-refractivity contribution in [3.63, 3.8) is 0 Å². The molecule has 0 aliphatic carbocycles. The third kappa shape index (κ3) is 5.61. The van der Waals surface area contributed by atoms with Crippen LogP contribution in [0, 0.1) is 5.92 Å². The predicted molar refractivity (Wildman–Crippen MR) is 70.8 cm³/mol. The molecule has 0 aliphatic heterocycles. The van der Waals surface area contributed by atoms with Crippen LogP contribution in [0.4, 0.5) is 13.2 Å². The molecule has 2 unspecified atom stereocenters. The highest BCUT2D eigenvalue weighted by Crippen LogP contribution is 2.21. The second-order valence-corrected chi connectivity index (χ2v) is 4.73. The third-order valence-electron chi connectivity index (χ3n) is 3.07. The Hall–Kier alpha value is -1.56. The van der Waals surface area contributed by atoms with Gasteiger partial charge in [-0.15, -0.1) is 0 Å². The van der Waals surface area contributed by atoms with E-state index in [0.717, 1.165) is 5.56 Å². The summed E-state index contributed by atoms with van der Waals surface area (Å²) in [5, 5.41) is 2.49. The van der Waals surface area contributed by atoms with Crippen LogP contribution in [0.15, 0.2) is 30.3 Å². The van der Waals surface area contributed by atoms with Gasteiger partial charge in [0.1, 0.15) is 0 Å². The normalized spacial score (nSPS) is 14.7. The number of nitrogens with two attached hydrogens (primary N) is 1. The zero-order valence-electron chi connectivity index (χ0n) is 11.3. The Morgan fingerprint density at radius 2 is 1.90 bits per heavy atom. The third-order valence-corrected chi connectivity index (χ3v) is 3.07. The molecule has 0 heterocycles. The Kier molecular flexibility index (Phi) is 6.01. The van der Waals surface area contributed by atoms with Gasteiger partial charge >= 0.3 is 6.18 Å². The standard InChI is InChI=1S/C14H19F3N2O/c1-10(12(18)11-6-3-2-4-7-11)13(20)19-9-5-8-14(15,16)17/h2-4,6-7,10,12H,5,8-9,18H2,1H3,(H,19,20). The fourth-order valence-corrected chi connectivity index (χ4v) is 1.79.